The molecule has 2 N–H and O–H groups in total. The van der Waals surface area contributed by atoms with Crippen LogP contribution in [-0.2, 0) is 4.74 Å². The summed E-state index contributed by atoms with van der Waals surface area (Å²) in [7, 11) is 0. The monoisotopic (exact) mass is 372 g/mol. The van der Waals surface area contributed by atoms with E-state index in [1.807, 2.05) is 0 Å². The number of benzene rings is 1. The van der Waals surface area contributed by atoms with Crippen molar-refractivity contribution in [1.82, 2.24) is 15.6 Å². The zero-order valence-electron chi connectivity index (χ0n) is 13.8. The minimum absolute atomic E-state index is 0.0624. The van der Waals surface area contributed by atoms with Crippen LogP contribution < -0.4 is 15.5 Å². The Labute approximate surface area is 151 Å². The van der Waals surface area contributed by atoms with E-state index in [2.05, 4.69) is 25.5 Å². The molecule has 25 heavy (non-hydrogen) atoms. The molecule has 1 aromatic carbocycles. The first kappa shape index (κ1) is 19.5. The topological polar surface area (TPSA) is 58.1 Å². The van der Waals surface area contributed by atoms with Crippen LogP contribution in [0.1, 0.15) is 12.0 Å². The van der Waals surface area contributed by atoms with Crippen LogP contribution in [0.2, 0.25) is 0 Å². The Morgan fingerprint density at radius 1 is 1.36 bits per heavy atom. The van der Waals surface area contributed by atoms with Crippen molar-refractivity contribution < 1.29 is 18.3 Å². The second-order valence-electron chi connectivity index (χ2n) is 5.35. The van der Waals surface area contributed by atoms with Crippen LogP contribution in [0.4, 0.5) is 8.78 Å². The molecule has 1 heterocycles. The number of hydrogen-bond donors (Lipinski definition) is 2. The van der Waals surface area contributed by atoms with Gasteiger partial charge in [0.2, 0.25) is 0 Å². The number of ether oxygens (including phenoxy) is 2. The van der Waals surface area contributed by atoms with Gasteiger partial charge in [-0.1, -0.05) is 12.1 Å². The summed E-state index contributed by atoms with van der Waals surface area (Å²) in [5.41, 5.74) is 3.10. The lowest BCUT2D eigenvalue weighted by molar-refractivity contribution is -0.0499. The van der Waals surface area contributed by atoms with Gasteiger partial charge >= 0.3 is 6.61 Å². The van der Waals surface area contributed by atoms with E-state index in [0.29, 0.717) is 10.7 Å². The van der Waals surface area contributed by atoms with Crippen molar-refractivity contribution in [3.05, 3.63) is 29.8 Å². The molecule has 6 nitrogen and oxygen atoms in total. The molecule has 1 aromatic rings. The standard InChI is InChI=1S/C16H22F2N4O2S/c17-15(18)24-14-5-2-1-4-13(14)12-20-21-16(25)19-6-3-7-22-8-10-23-11-9-22/h1-2,4-5,12,15H,3,6-11H2,(H2,19,21,25)/b20-12+. The van der Waals surface area contributed by atoms with Gasteiger partial charge in [0.05, 0.1) is 19.4 Å². The maximum Gasteiger partial charge on any atom is 0.387 e. The molecular weight excluding hydrogens is 350 g/mol. The van der Waals surface area contributed by atoms with Gasteiger partial charge in [0.25, 0.3) is 0 Å². The Morgan fingerprint density at radius 2 is 2.12 bits per heavy atom. The zero-order valence-corrected chi connectivity index (χ0v) is 14.6. The highest BCUT2D eigenvalue weighted by molar-refractivity contribution is 7.80. The maximum absolute atomic E-state index is 12.3. The van der Waals surface area contributed by atoms with Crippen LogP contribution in [0, 0.1) is 0 Å². The van der Waals surface area contributed by atoms with Gasteiger partial charge in [0.1, 0.15) is 5.75 Å². The molecule has 0 unspecified atom stereocenters. The summed E-state index contributed by atoms with van der Waals surface area (Å²) in [5.74, 6) is 0.0624. The zero-order chi connectivity index (χ0) is 17.9. The molecular formula is C16H22F2N4O2S. The molecule has 0 bridgehead atoms. The first-order chi connectivity index (χ1) is 12.1. The summed E-state index contributed by atoms with van der Waals surface area (Å²) < 4.78 is 34.4. The fourth-order valence-electron chi connectivity index (χ4n) is 2.32. The lowest BCUT2D eigenvalue weighted by atomic mass is 10.2. The molecule has 1 aliphatic rings. The fourth-order valence-corrected chi connectivity index (χ4v) is 2.47. The van der Waals surface area contributed by atoms with Crippen LogP contribution >= 0.6 is 12.2 Å². The van der Waals surface area contributed by atoms with Crippen molar-refractivity contribution in [2.75, 3.05) is 39.4 Å². The largest absolute Gasteiger partial charge is 0.434 e. The summed E-state index contributed by atoms with van der Waals surface area (Å²) in [5, 5.41) is 7.38. The average Bonchev–Trinajstić information content (AvgIpc) is 2.61. The number of morpholine rings is 1. The number of thiocarbonyl (C=S) groups is 1. The molecule has 0 spiro atoms. The fraction of sp³-hybridized carbons (Fsp3) is 0.500. The van der Waals surface area contributed by atoms with Gasteiger partial charge in [0, 0.05) is 25.2 Å². The first-order valence-electron chi connectivity index (χ1n) is 8.06. The number of halogens is 2. The number of hydrazone groups is 1. The molecule has 1 fully saturated rings. The smallest absolute Gasteiger partial charge is 0.387 e. The molecule has 0 amide bonds. The van der Waals surface area contributed by atoms with E-state index in [9.17, 15) is 8.78 Å². The van der Waals surface area contributed by atoms with Gasteiger partial charge in [-0.05, 0) is 37.3 Å². The molecule has 1 aliphatic heterocycles. The Bertz CT molecular complexity index is 569. The van der Waals surface area contributed by atoms with Gasteiger partial charge in [-0.2, -0.15) is 13.9 Å². The third kappa shape index (κ3) is 7.72. The van der Waals surface area contributed by atoms with E-state index in [0.717, 1.165) is 45.8 Å². The molecule has 0 atom stereocenters. The van der Waals surface area contributed by atoms with Gasteiger partial charge in [-0.3, -0.25) is 10.3 Å². The summed E-state index contributed by atoms with van der Waals surface area (Å²) in [4.78, 5) is 2.35. The van der Waals surface area contributed by atoms with Gasteiger partial charge < -0.3 is 14.8 Å². The maximum atomic E-state index is 12.3. The van der Waals surface area contributed by atoms with Gasteiger partial charge in [-0.15, -0.1) is 0 Å². The van der Waals surface area contributed by atoms with Crippen LogP contribution in [0.25, 0.3) is 0 Å². The van der Waals surface area contributed by atoms with E-state index in [1.165, 1.54) is 12.3 Å². The second kappa shape index (κ2) is 10.9. The van der Waals surface area contributed by atoms with E-state index >= 15 is 0 Å². The minimum atomic E-state index is -2.88. The summed E-state index contributed by atoms with van der Waals surface area (Å²) in [6, 6.07) is 6.41. The minimum Gasteiger partial charge on any atom is -0.434 e. The predicted molar refractivity (Wildman–Crippen MR) is 96.3 cm³/mol. The highest BCUT2D eigenvalue weighted by Crippen LogP contribution is 2.18. The third-order valence-corrected chi connectivity index (χ3v) is 3.78. The molecule has 1 saturated heterocycles. The SMILES string of the molecule is FC(F)Oc1ccccc1/C=N/NC(=S)NCCCN1CCOCC1. The highest BCUT2D eigenvalue weighted by Gasteiger charge is 2.09. The van der Waals surface area contributed by atoms with Crippen LogP contribution in [-0.4, -0.2) is 62.2 Å². The van der Waals surface area contributed by atoms with Crippen molar-refractivity contribution in [3.8, 4) is 5.75 Å². The normalized spacial score (nSPS) is 15.5. The first-order valence-corrected chi connectivity index (χ1v) is 8.47. The lowest BCUT2D eigenvalue weighted by Crippen LogP contribution is -2.39. The number of rotatable bonds is 8. The molecule has 0 aliphatic carbocycles. The molecule has 9 heteroatoms. The average molecular weight is 372 g/mol. The van der Waals surface area contributed by atoms with Crippen LogP contribution in [0.5, 0.6) is 5.75 Å². The van der Waals surface area contributed by atoms with E-state index < -0.39 is 6.61 Å². The highest BCUT2D eigenvalue weighted by atomic mass is 32.1. The Balaban J connectivity index is 1.66. The summed E-state index contributed by atoms with van der Waals surface area (Å²) in [6.45, 7) is 2.35. The quantitative estimate of drug-likeness (QED) is 0.314. The number of alkyl halides is 2. The molecule has 2 rings (SSSR count). The van der Waals surface area contributed by atoms with E-state index in [-0.39, 0.29) is 5.75 Å². The van der Waals surface area contributed by atoms with Gasteiger partial charge in [0.15, 0.2) is 5.11 Å². The summed E-state index contributed by atoms with van der Waals surface area (Å²) >= 11 is 5.12. The van der Waals surface area contributed by atoms with Crippen molar-refractivity contribution in [2.45, 2.75) is 13.0 Å². The van der Waals surface area contributed by atoms with Crippen LogP contribution in [0.3, 0.4) is 0 Å². The van der Waals surface area contributed by atoms with Crippen molar-refractivity contribution in [3.63, 3.8) is 0 Å². The van der Waals surface area contributed by atoms with E-state index in [1.54, 1.807) is 18.2 Å². The lowest BCUT2D eigenvalue weighted by Gasteiger charge is -2.26. The molecule has 138 valence electrons. The van der Waals surface area contributed by atoms with Crippen molar-refractivity contribution in [2.24, 2.45) is 5.10 Å². The van der Waals surface area contributed by atoms with Gasteiger partial charge in [-0.25, -0.2) is 0 Å². The number of nitrogens with one attached hydrogen (secondary N) is 2. The second-order valence-corrected chi connectivity index (χ2v) is 5.76. The number of nitrogens with zero attached hydrogens (tertiary/aromatic N) is 2. The summed E-state index contributed by atoms with van der Waals surface area (Å²) in [6.07, 6.45) is 2.34. The Hall–Kier alpha value is -1.84. The molecule has 0 aromatic heterocycles. The van der Waals surface area contributed by atoms with Crippen molar-refractivity contribution in [1.29, 1.82) is 0 Å². The number of hydrogen-bond acceptors (Lipinski definition) is 5. The number of para-hydroxylation sites is 1. The predicted octanol–water partition coefficient (Wildman–Crippen LogP) is 1.81. The van der Waals surface area contributed by atoms with Crippen molar-refractivity contribution >= 4 is 23.5 Å². The molecule has 0 radical (unpaired) electrons. The Morgan fingerprint density at radius 3 is 2.88 bits per heavy atom. The van der Waals surface area contributed by atoms with Crippen LogP contribution in [0.15, 0.2) is 29.4 Å². The Kier molecular flexibility index (Phi) is 8.50. The third-order valence-electron chi connectivity index (χ3n) is 3.55. The van der Waals surface area contributed by atoms with E-state index in [4.69, 9.17) is 17.0 Å². The molecule has 0 saturated carbocycles.